The minimum absolute atomic E-state index is 0.0264. The number of hydrogen-bond donors (Lipinski definition) is 0. The molecule has 2 aromatic rings. The molecule has 1 aromatic carbocycles. The summed E-state index contributed by atoms with van der Waals surface area (Å²) in [6, 6.07) is 7.17. The van der Waals surface area contributed by atoms with Crippen LogP contribution in [0.25, 0.3) is 0 Å². The molecule has 132 valence electrons. The highest BCUT2D eigenvalue weighted by Crippen LogP contribution is 2.43. The Morgan fingerprint density at radius 2 is 1.72 bits per heavy atom. The Balaban J connectivity index is 2.23. The molecule has 0 radical (unpaired) electrons. The number of ketones is 2. The summed E-state index contributed by atoms with van der Waals surface area (Å²) in [7, 11) is -3.57. The van der Waals surface area contributed by atoms with Gasteiger partial charge in [-0.15, -0.1) is 11.3 Å². The van der Waals surface area contributed by atoms with Crippen molar-refractivity contribution >= 4 is 32.7 Å². The zero-order valence-corrected chi connectivity index (χ0v) is 16.3. The van der Waals surface area contributed by atoms with Gasteiger partial charge in [-0.1, -0.05) is 43.7 Å². The van der Waals surface area contributed by atoms with Crippen LogP contribution in [-0.4, -0.2) is 26.2 Å². The van der Waals surface area contributed by atoms with Gasteiger partial charge >= 0.3 is 0 Å². The van der Waals surface area contributed by atoms with Crippen LogP contribution < -0.4 is 0 Å². The van der Waals surface area contributed by atoms with Crippen LogP contribution in [0.5, 0.6) is 0 Å². The summed E-state index contributed by atoms with van der Waals surface area (Å²) in [5.41, 5.74) is 2.09. The molecule has 0 aliphatic heterocycles. The van der Waals surface area contributed by atoms with Gasteiger partial charge in [0, 0.05) is 18.2 Å². The highest BCUT2D eigenvalue weighted by Gasteiger charge is 2.39. The summed E-state index contributed by atoms with van der Waals surface area (Å²) in [4.78, 5) is 26.0. The Hall–Kier alpha value is -1.79. The van der Waals surface area contributed by atoms with Crippen LogP contribution in [0, 0.1) is 12.3 Å². The van der Waals surface area contributed by atoms with Gasteiger partial charge in [0.05, 0.1) is 10.4 Å². The summed E-state index contributed by atoms with van der Waals surface area (Å²) in [5.74, 6) is -0.410. The van der Waals surface area contributed by atoms with Crippen molar-refractivity contribution in [1.29, 1.82) is 0 Å². The molecule has 1 aromatic heterocycles. The second-order valence-corrected chi connectivity index (χ2v) is 10.7. The first kappa shape index (κ1) is 18.0. The van der Waals surface area contributed by atoms with E-state index in [9.17, 15) is 18.0 Å². The van der Waals surface area contributed by atoms with Gasteiger partial charge in [0.25, 0.3) is 0 Å². The summed E-state index contributed by atoms with van der Waals surface area (Å²) >= 11 is 0.936. The van der Waals surface area contributed by atoms with Gasteiger partial charge in [0.15, 0.2) is 15.6 Å². The van der Waals surface area contributed by atoms with Gasteiger partial charge in [0.1, 0.15) is 4.21 Å². The van der Waals surface area contributed by atoms with Gasteiger partial charge in [0.2, 0.25) is 5.78 Å². The maximum atomic E-state index is 13.0. The maximum absolute atomic E-state index is 13.0. The first-order chi connectivity index (χ1) is 11.5. The van der Waals surface area contributed by atoms with Crippen molar-refractivity contribution in [2.75, 3.05) is 6.26 Å². The van der Waals surface area contributed by atoms with Crippen molar-refractivity contribution in [2.24, 2.45) is 5.41 Å². The molecule has 0 unspecified atom stereocenters. The molecule has 4 nitrogen and oxygen atoms in total. The molecule has 1 heterocycles. The third-order valence-corrected chi connectivity index (χ3v) is 7.47. The van der Waals surface area contributed by atoms with Gasteiger partial charge in [-0.05, 0) is 24.3 Å². The summed E-state index contributed by atoms with van der Waals surface area (Å²) in [6.45, 7) is 5.86. The number of rotatable bonds is 3. The van der Waals surface area contributed by atoms with Crippen LogP contribution in [0.15, 0.2) is 28.5 Å². The molecule has 0 bridgehead atoms. The average Bonchev–Trinajstić information content (AvgIpc) is 2.85. The predicted octanol–water partition coefficient (Wildman–Crippen LogP) is 3.85. The monoisotopic (exact) mass is 376 g/mol. The number of Topliss-reactive ketones (excluding diaryl/α,β-unsaturated/α-hetero) is 1. The zero-order chi connectivity index (χ0) is 18.6. The highest BCUT2D eigenvalue weighted by atomic mass is 32.2. The lowest BCUT2D eigenvalue weighted by atomic mass is 9.74. The molecule has 0 N–H and O–H groups in total. The third-order valence-electron chi connectivity index (χ3n) is 4.40. The summed E-state index contributed by atoms with van der Waals surface area (Å²) < 4.78 is 24.4. The molecule has 0 amide bonds. The van der Waals surface area contributed by atoms with Crippen LogP contribution >= 0.6 is 11.3 Å². The van der Waals surface area contributed by atoms with E-state index in [0.717, 1.165) is 23.2 Å². The first-order valence-corrected chi connectivity index (χ1v) is 10.7. The van der Waals surface area contributed by atoms with Crippen molar-refractivity contribution in [2.45, 2.75) is 37.8 Å². The minimum Gasteiger partial charge on any atom is -0.294 e. The highest BCUT2D eigenvalue weighted by molar-refractivity contribution is 7.92. The minimum atomic E-state index is -3.57. The van der Waals surface area contributed by atoms with Crippen molar-refractivity contribution in [3.63, 3.8) is 0 Å². The molecule has 0 spiro atoms. The largest absolute Gasteiger partial charge is 0.294 e. The van der Waals surface area contributed by atoms with Crippen molar-refractivity contribution in [3.8, 4) is 0 Å². The number of hydrogen-bond acceptors (Lipinski definition) is 5. The van der Waals surface area contributed by atoms with Crippen molar-refractivity contribution < 1.29 is 18.0 Å². The Morgan fingerprint density at radius 3 is 2.28 bits per heavy atom. The molecule has 1 aliphatic rings. The topological polar surface area (TPSA) is 68.3 Å². The lowest BCUT2D eigenvalue weighted by molar-refractivity contribution is 0.0909. The van der Waals surface area contributed by atoms with E-state index >= 15 is 0 Å². The van der Waals surface area contributed by atoms with Crippen molar-refractivity contribution in [1.82, 2.24) is 0 Å². The second kappa shape index (κ2) is 5.88. The lowest BCUT2D eigenvalue weighted by Gasteiger charge is -2.29. The fraction of sp³-hybridized carbons (Fsp3) is 0.368. The molecule has 25 heavy (non-hydrogen) atoms. The van der Waals surface area contributed by atoms with E-state index in [4.69, 9.17) is 0 Å². The normalized spacial score (nSPS) is 16.6. The van der Waals surface area contributed by atoms with Crippen LogP contribution in [0.3, 0.4) is 0 Å². The smallest absolute Gasteiger partial charge is 0.203 e. The van der Waals surface area contributed by atoms with Gasteiger partial charge < -0.3 is 0 Å². The van der Waals surface area contributed by atoms with Crippen molar-refractivity contribution in [3.05, 3.63) is 51.4 Å². The van der Waals surface area contributed by atoms with Crippen LogP contribution in [0.4, 0.5) is 0 Å². The van der Waals surface area contributed by atoms with Gasteiger partial charge in [-0.2, -0.15) is 0 Å². The Bertz CT molecular complexity index is 977. The second-order valence-electron chi connectivity index (χ2n) is 7.48. The number of thiophene rings is 1. The van der Waals surface area contributed by atoms with Crippen LogP contribution in [0.1, 0.15) is 57.0 Å². The van der Waals surface area contributed by atoms with Crippen LogP contribution in [-0.2, 0) is 16.3 Å². The summed E-state index contributed by atoms with van der Waals surface area (Å²) in [5, 5.41) is 0. The molecule has 0 atom stereocenters. The van der Waals surface area contributed by atoms with E-state index in [-0.39, 0.29) is 33.2 Å². The molecule has 0 saturated heterocycles. The Kier molecular flexibility index (Phi) is 4.24. The Morgan fingerprint density at radius 1 is 1.12 bits per heavy atom. The molecular weight excluding hydrogens is 356 g/mol. The SMILES string of the molecule is Cc1ccc(C(=O)c2sc(S(C)(=O)=O)c3c2CC(C)(C)CC3=O)cc1. The quantitative estimate of drug-likeness (QED) is 0.763. The fourth-order valence-corrected chi connectivity index (χ4v) is 5.73. The number of fused-ring (bicyclic) bond motifs is 1. The number of benzene rings is 1. The number of aryl methyl sites for hydroxylation is 1. The molecule has 1 aliphatic carbocycles. The zero-order valence-electron chi connectivity index (χ0n) is 14.7. The molecule has 3 rings (SSSR count). The Labute approximate surface area is 151 Å². The summed E-state index contributed by atoms with van der Waals surface area (Å²) in [6.07, 6.45) is 1.90. The van der Waals surface area contributed by atoms with E-state index in [0.29, 0.717) is 22.4 Å². The lowest BCUT2D eigenvalue weighted by Crippen LogP contribution is -2.28. The van der Waals surface area contributed by atoms with E-state index < -0.39 is 9.84 Å². The molecular formula is C19H20O4S2. The molecule has 0 saturated carbocycles. The van der Waals surface area contributed by atoms with Crippen LogP contribution in [0.2, 0.25) is 0 Å². The molecule has 6 heteroatoms. The van der Waals surface area contributed by atoms with E-state index in [1.54, 1.807) is 12.1 Å². The average molecular weight is 376 g/mol. The maximum Gasteiger partial charge on any atom is 0.203 e. The third kappa shape index (κ3) is 3.33. The van der Waals surface area contributed by atoms with E-state index in [1.807, 2.05) is 32.9 Å². The molecule has 0 fully saturated rings. The number of sulfone groups is 1. The fourth-order valence-electron chi connectivity index (χ4n) is 3.24. The predicted molar refractivity (Wildman–Crippen MR) is 98.5 cm³/mol. The first-order valence-electron chi connectivity index (χ1n) is 8.00. The van der Waals surface area contributed by atoms with Gasteiger partial charge in [-0.3, -0.25) is 9.59 Å². The van der Waals surface area contributed by atoms with Gasteiger partial charge in [-0.25, -0.2) is 8.42 Å². The van der Waals surface area contributed by atoms with E-state index in [2.05, 4.69) is 0 Å². The number of carbonyl (C=O) groups is 2. The standard InChI is InChI=1S/C19H20O4S2/c1-11-5-7-12(8-6-11)16(21)17-13-9-19(2,3)10-14(20)15(13)18(24-17)25(4,22)23/h5-8H,9-10H2,1-4H3. The number of carbonyl (C=O) groups excluding carboxylic acids is 2. The van der Waals surface area contributed by atoms with E-state index in [1.165, 1.54) is 0 Å².